The third-order valence-corrected chi connectivity index (χ3v) is 8.14. The number of nitro benzene ring substituents is 1. The van der Waals surface area contributed by atoms with Crippen molar-refractivity contribution in [2.45, 2.75) is 63.8 Å². The van der Waals surface area contributed by atoms with Crippen LogP contribution in [0.15, 0.2) is 71.0 Å². The van der Waals surface area contributed by atoms with E-state index in [0.717, 1.165) is 68.0 Å². The van der Waals surface area contributed by atoms with Crippen molar-refractivity contribution in [3.05, 3.63) is 87.2 Å². The molecule has 2 aromatic carbocycles. The molecule has 0 bridgehead atoms. The number of hydrogen-bond acceptors (Lipinski definition) is 6. The van der Waals surface area contributed by atoms with E-state index in [-0.39, 0.29) is 11.6 Å². The fourth-order valence-corrected chi connectivity index (χ4v) is 6.06. The smallest absolute Gasteiger partial charge is 0.269 e. The summed E-state index contributed by atoms with van der Waals surface area (Å²) >= 11 is 0. The van der Waals surface area contributed by atoms with Crippen LogP contribution in [0.1, 0.15) is 68.9 Å². The number of hydrogen-bond donors (Lipinski definition) is 1. The van der Waals surface area contributed by atoms with Crippen LogP contribution in [0.4, 0.5) is 5.69 Å². The van der Waals surface area contributed by atoms with Crippen LogP contribution in [-0.4, -0.2) is 65.5 Å². The fraction of sp³-hybridized carbons (Fsp3) is 0.452. The first-order valence-electron chi connectivity index (χ1n) is 14.2. The highest BCUT2D eigenvalue weighted by Crippen LogP contribution is 2.39. The molecule has 0 radical (unpaired) electrons. The number of nitrogens with one attached hydrogen (secondary N) is 1. The van der Waals surface area contributed by atoms with Crippen molar-refractivity contribution >= 4 is 24.2 Å². The first-order valence-corrected chi connectivity index (χ1v) is 14.2. The van der Waals surface area contributed by atoms with Gasteiger partial charge >= 0.3 is 0 Å². The van der Waals surface area contributed by atoms with Gasteiger partial charge < -0.3 is 15.1 Å². The van der Waals surface area contributed by atoms with Gasteiger partial charge in [0.2, 0.25) is 12.8 Å². The van der Waals surface area contributed by atoms with E-state index in [0.29, 0.717) is 31.7 Å². The van der Waals surface area contributed by atoms with Gasteiger partial charge in [-0.2, -0.15) is 0 Å². The van der Waals surface area contributed by atoms with Crippen LogP contribution in [0, 0.1) is 10.1 Å². The molecule has 2 amide bonds. The van der Waals surface area contributed by atoms with Crippen molar-refractivity contribution in [1.82, 2.24) is 15.1 Å². The molecule has 212 valence electrons. The maximum Gasteiger partial charge on any atom is 0.269 e. The zero-order valence-electron chi connectivity index (χ0n) is 23.4. The average molecular weight is 546 g/mol. The molecule has 2 atom stereocenters. The van der Waals surface area contributed by atoms with Gasteiger partial charge in [0.1, 0.15) is 0 Å². The highest BCUT2D eigenvalue weighted by Gasteiger charge is 2.37. The summed E-state index contributed by atoms with van der Waals surface area (Å²) in [6, 6.07) is 16.6. The number of benzene rings is 2. The van der Waals surface area contributed by atoms with Crippen LogP contribution in [0.5, 0.6) is 0 Å². The third kappa shape index (κ3) is 6.65. The molecule has 0 aliphatic carbocycles. The molecular formula is C31H39N5O4. The van der Waals surface area contributed by atoms with Crippen molar-refractivity contribution in [3.63, 3.8) is 0 Å². The normalized spacial score (nSPS) is 20.1. The average Bonchev–Trinajstić information content (AvgIpc) is 3.00. The Hall–Kier alpha value is -3.85. The number of amides is 2. The number of nitrogens with zero attached hydrogens (tertiary/aromatic N) is 4. The Balaban J connectivity index is 1.52. The van der Waals surface area contributed by atoms with Crippen molar-refractivity contribution < 1.29 is 14.5 Å². The minimum atomic E-state index is -0.450. The number of carbonyl (C=O) groups excluding carboxylic acids is 2. The molecular weight excluding hydrogens is 506 g/mol. The summed E-state index contributed by atoms with van der Waals surface area (Å²) in [6.07, 6.45) is 5.82. The predicted octanol–water partition coefficient (Wildman–Crippen LogP) is 5.01. The number of piperidine rings is 1. The van der Waals surface area contributed by atoms with Gasteiger partial charge in [-0.15, -0.1) is 0 Å². The van der Waals surface area contributed by atoms with Crippen LogP contribution in [0.2, 0.25) is 0 Å². The summed E-state index contributed by atoms with van der Waals surface area (Å²) in [7, 11) is 0. The first-order chi connectivity index (χ1) is 19.5. The largest absolute Gasteiger partial charge is 0.350 e. The Morgan fingerprint density at radius 2 is 1.73 bits per heavy atom. The van der Waals surface area contributed by atoms with Crippen molar-refractivity contribution in [3.8, 4) is 0 Å². The van der Waals surface area contributed by atoms with Crippen molar-refractivity contribution in [2.24, 2.45) is 4.99 Å². The lowest BCUT2D eigenvalue weighted by molar-refractivity contribution is -0.384. The molecule has 2 aliphatic rings. The van der Waals surface area contributed by atoms with Gasteiger partial charge in [0.25, 0.3) is 5.69 Å². The molecule has 4 rings (SSSR count). The second-order valence-electron chi connectivity index (χ2n) is 10.4. The lowest BCUT2D eigenvalue weighted by Gasteiger charge is -2.39. The quantitative estimate of drug-likeness (QED) is 0.216. The number of non-ortho nitro benzene ring substituents is 1. The number of likely N-dealkylation sites (tertiary alicyclic amines) is 1. The summed E-state index contributed by atoms with van der Waals surface area (Å²) < 4.78 is 0. The highest BCUT2D eigenvalue weighted by atomic mass is 16.6. The molecule has 1 N–H and O–H groups in total. The van der Waals surface area contributed by atoms with E-state index in [1.54, 1.807) is 17.0 Å². The van der Waals surface area contributed by atoms with E-state index < -0.39 is 11.0 Å². The maximum atomic E-state index is 12.5. The topological polar surface area (TPSA) is 108 Å². The van der Waals surface area contributed by atoms with Crippen LogP contribution >= 0.6 is 0 Å². The fourth-order valence-electron chi connectivity index (χ4n) is 6.06. The summed E-state index contributed by atoms with van der Waals surface area (Å²) in [4.78, 5) is 44.1. The van der Waals surface area contributed by atoms with Gasteiger partial charge in [-0.3, -0.25) is 24.7 Å². The zero-order valence-corrected chi connectivity index (χ0v) is 23.4. The molecule has 9 heteroatoms. The van der Waals surface area contributed by atoms with E-state index in [4.69, 9.17) is 4.99 Å². The summed E-state index contributed by atoms with van der Waals surface area (Å²) in [5.74, 6) is 0.207. The second-order valence-corrected chi connectivity index (χ2v) is 10.4. The van der Waals surface area contributed by atoms with Crippen LogP contribution < -0.4 is 5.32 Å². The molecule has 2 unspecified atom stereocenters. The van der Waals surface area contributed by atoms with Gasteiger partial charge in [-0.25, -0.2) is 0 Å². The number of aliphatic imine (C=N–C) groups is 1. The van der Waals surface area contributed by atoms with Gasteiger partial charge in [-0.05, 0) is 68.8 Å². The van der Waals surface area contributed by atoms with E-state index in [1.165, 1.54) is 17.7 Å². The number of rotatable bonds is 13. The van der Waals surface area contributed by atoms with Crippen LogP contribution in [0.3, 0.4) is 0 Å². The molecule has 0 aromatic heterocycles. The SMILES string of the molecule is CCC1=NC(CC)=C(N(C=O)CCCN2CCC(c3ccccc3)CC2)C(c2ccc([N+](=O)[O-])cc2)C1NC=O. The van der Waals surface area contributed by atoms with Crippen molar-refractivity contribution in [2.75, 3.05) is 26.2 Å². The van der Waals surface area contributed by atoms with Gasteiger partial charge in [0.05, 0.1) is 28.3 Å². The van der Waals surface area contributed by atoms with E-state index in [9.17, 15) is 19.7 Å². The predicted molar refractivity (Wildman–Crippen MR) is 156 cm³/mol. The molecule has 2 aromatic rings. The minimum absolute atomic E-state index is 0.00615. The summed E-state index contributed by atoms with van der Waals surface area (Å²) in [5.41, 5.74) is 4.58. The molecule has 2 heterocycles. The summed E-state index contributed by atoms with van der Waals surface area (Å²) in [6.45, 7) is 7.47. The number of carbonyl (C=O) groups is 2. The number of nitro groups is 1. The lowest BCUT2D eigenvalue weighted by atomic mass is 9.81. The zero-order chi connectivity index (χ0) is 28.5. The van der Waals surface area contributed by atoms with Crippen LogP contribution in [0.25, 0.3) is 0 Å². The van der Waals surface area contributed by atoms with Gasteiger partial charge in [0, 0.05) is 24.4 Å². The molecule has 0 spiro atoms. The van der Waals surface area contributed by atoms with Crippen molar-refractivity contribution in [1.29, 1.82) is 0 Å². The number of allylic oxidation sites excluding steroid dienone is 1. The second kappa shape index (κ2) is 14.0. The van der Waals surface area contributed by atoms with Gasteiger partial charge in [0.15, 0.2) is 0 Å². The molecule has 40 heavy (non-hydrogen) atoms. The van der Waals surface area contributed by atoms with E-state index >= 15 is 0 Å². The molecule has 2 aliphatic heterocycles. The maximum absolute atomic E-state index is 12.5. The standard InChI is InChI=1S/C31H39N5O4/c1-3-27-30(32-21-37)29(25-11-13-26(14-12-25)36(39)40)31(28(4-2)33-27)35(22-38)18-8-17-34-19-15-24(16-20-34)23-9-6-5-7-10-23/h5-7,9-14,21-22,24,29-30H,3-4,8,15-20H2,1-2H3,(H,32,37). The summed E-state index contributed by atoms with van der Waals surface area (Å²) in [5, 5.41) is 14.2. The monoisotopic (exact) mass is 545 g/mol. The van der Waals surface area contributed by atoms with Crippen LogP contribution in [-0.2, 0) is 9.59 Å². The molecule has 1 fully saturated rings. The Labute approximate surface area is 236 Å². The van der Waals surface area contributed by atoms with Gasteiger partial charge in [-0.1, -0.05) is 56.3 Å². The third-order valence-electron chi connectivity index (χ3n) is 8.14. The molecule has 9 nitrogen and oxygen atoms in total. The Kier molecular flexibility index (Phi) is 10.2. The Bertz CT molecular complexity index is 1220. The minimum Gasteiger partial charge on any atom is -0.350 e. The highest BCUT2D eigenvalue weighted by molar-refractivity contribution is 5.94. The molecule has 0 saturated carbocycles. The van der Waals surface area contributed by atoms with E-state index in [1.807, 2.05) is 13.8 Å². The molecule has 1 saturated heterocycles. The lowest BCUT2D eigenvalue weighted by Crippen LogP contribution is -2.47. The Morgan fingerprint density at radius 1 is 1.02 bits per heavy atom. The first kappa shape index (κ1) is 29.1. The Morgan fingerprint density at radius 3 is 2.30 bits per heavy atom. The van der Waals surface area contributed by atoms with E-state index in [2.05, 4.69) is 40.5 Å².